The predicted octanol–water partition coefficient (Wildman–Crippen LogP) is 5.36. The molecule has 1 aliphatic heterocycles. The molecule has 5 amide bonds. The summed E-state index contributed by atoms with van der Waals surface area (Å²) in [5.74, 6) is -5.54. The largest absolute Gasteiger partial charge is 0.456 e. The molecule has 0 spiro atoms. The molecule has 9 atom stereocenters. The summed E-state index contributed by atoms with van der Waals surface area (Å²) in [6, 6.07) is -4.17. The Morgan fingerprint density at radius 3 is 1.95 bits per heavy atom. The van der Waals surface area contributed by atoms with Crippen molar-refractivity contribution in [3.05, 3.63) is 23.3 Å². The maximum absolute atomic E-state index is 14.3. The smallest absolute Gasteiger partial charge is 0.334 e. The topological polar surface area (TPSA) is 181 Å². The van der Waals surface area contributed by atoms with E-state index in [1.165, 1.54) is 47.6 Å². The Morgan fingerprint density at radius 2 is 1.44 bits per heavy atom. The number of hydrogen-bond donors (Lipinski definition) is 2. The van der Waals surface area contributed by atoms with Gasteiger partial charge in [0.15, 0.2) is 6.10 Å². The minimum Gasteiger partial charge on any atom is -0.456 e. The van der Waals surface area contributed by atoms with Crippen LogP contribution in [0.4, 0.5) is 0 Å². The molecule has 0 saturated carbocycles. The molecule has 16 heteroatoms. The molecule has 0 radical (unpaired) electrons. The number of carbonyl (C=O) groups excluding carboxylic acids is 7. The van der Waals surface area contributed by atoms with Gasteiger partial charge in [0.1, 0.15) is 30.3 Å². The quantitative estimate of drug-likeness (QED) is 0.155. The highest BCUT2D eigenvalue weighted by molar-refractivity contribution is 7.98. The number of esters is 2. The van der Waals surface area contributed by atoms with Gasteiger partial charge in [-0.1, -0.05) is 81.4 Å². The second-order valence-electron chi connectivity index (χ2n) is 18.0. The minimum absolute atomic E-state index is 0.0380. The summed E-state index contributed by atoms with van der Waals surface area (Å²) in [4.78, 5) is 101. The van der Waals surface area contributed by atoms with Crippen molar-refractivity contribution in [1.29, 1.82) is 0 Å². The molecule has 354 valence electrons. The molecular formula is C46H79N5O10S. The molecule has 1 aliphatic rings. The standard InChI is InChI=1S/C46H79N5O10S/c1-18-20-30(10)39-32(12)35(59-25-62-17)22-21-31(11)45(57)61-40(29(9)19-2)41(53)48-38(28(7)8)44(56)51(16)34(23-26(3)4)42(54)49(14)24-36(52)47-37(27(5)6)43(55)50(15)33(13)46(58)60-39/h20-21,26-29,32-35,37-40H,18-19,22-25H2,1-17H3,(H,47,52)(H,48,53)/b30-20+,31-21+/t29-,32-,33-,34+,35-,37+,38-,39+,40+/m0/s1. The molecule has 0 aromatic rings. The first kappa shape index (κ1) is 56.1. The number of thioether (sulfide) groups is 1. The van der Waals surface area contributed by atoms with Gasteiger partial charge in [-0.15, -0.1) is 11.8 Å². The van der Waals surface area contributed by atoms with Gasteiger partial charge in [-0.3, -0.25) is 24.0 Å². The van der Waals surface area contributed by atoms with Crippen LogP contribution in [0.5, 0.6) is 0 Å². The highest BCUT2D eigenvalue weighted by atomic mass is 32.2. The van der Waals surface area contributed by atoms with E-state index in [4.69, 9.17) is 14.2 Å². The van der Waals surface area contributed by atoms with E-state index < -0.39 is 114 Å². The number of cyclic esters (lactones) is 2. The molecule has 0 aromatic carbocycles. The van der Waals surface area contributed by atoms with Gasteiger partial charge in [0, 0.05) is 38.6 Å². The third-order valence-electron chi connectivity index (χ3n) is 11.6. The van der Waals surface area contributed by atoms with Gasteiger partial charge in [-0.05, 0) is 76.0 Å². The molecule has 1 rings (SSSR count). The number of hydrogen-bond acceptors (Lipinski definition) is 11. The van der Waals surface area contributed by atoms with E-state index in [-0.39, 0.29) is 24.3 Å². The Hall–Kier alpha value is -3.92. The van der Waals surface area contributed by atoms with Crippen molar-refractivity contribution in [1.82, 2.24) is 25.3 Å². The average Bonchev–Trinajstić information content (AvgIpc) is 3.21. The van der Waals surface area contributed by atoms with Crippen LogP contribution >= 0.6 is 11.8 Å². The van der Waals surface area contributed by atoms with E-state index in [0.717, 1.165) is 5.57 Å². The van der Waals surface area contributed by atoms with Crippen LogP contribution in [0.1, 0.15) is 116 Å². The number of amides is 5. The lowest BCUT2D eigenvalue weighted by Gasteiger charge is -2.36. The van der Waals surface area contributed by atoms with Crippen molar-refractivity contribution < 1.29 is 47.8 Å². The fraction of sp³-hybridized carbons (Fsp3) is 0.761. The third kappa shape index (κ3) is 16.3. The number of nitrogens with one attached hydrogen (secondary N) is 2. The van der Waals surface area contributed by atoms with Crippen molar-refractivity contribution >= 4 is 53.2 Å². The van der Waals surface area contributed by atoms with Crippen LogP contribution in [0.15, 0.2) is 23.3 Å². The van der Waals surface area contributed by atoms with Crippen molar-refractivity contribution in [2.24, 2.45) is 29.6 Å². The zero-order valence-corrected chi connectivity index (χ0v) is 41.5. The Morgan fingerprint density at radius 1 is 0.871 bits per heavy atom. The second kappa shape index (κ2) is 26.6. The van der Waals surface area contributed by atoms with Crippen molar-refractivity contribution in [3.63, 3.8) is 0 Å². The zero-order valence-electron chi connectivity index (χ0n) is 40.7. The molecule has 0 fully saturated rings. The van der Waals surface area contributed by atoms with Crippen LogP contribution in [-0.2, 0) is 47.8 Å². The van der Waals surface area contributed by atoms with Gasteiger partial charge >= 0.3 is 11.9 Å². The summed E-state index contributed by atoms with van der Waals surface area (Å²) in [6.07, 6.45) is 4.67. The van der Waals surface area contributed by atoms with Gasteiger partial charge in [-0.2, -0.15) is 0 Å². The monoisotopic (exact) mass is 894 g/mol. The molecule has 2 N–H and O–H groups in total. The lowest BCUT2D eigenvalue weighted by molar-refractivity contribution is -0.161. The zero-order chi connectivity index (χ0) is 47.8. The highest BCUT2D eigenvalue weighted by Gasteiger charge is 2.40. The van der Waals surface area contributed by atoms with Gasteiger partial charge in [0.25, 0.3) is 5.91 Å². The van der Waals surface area contributed by atoms with Crippen molar-refractivity contribution in [2.45, 2.75) is 158 Å². The summed E-state index contributed by atoms with van der Waals surface area (Å²) >= 11 is 1.47. The number of nitrogens with zero attached hydrogens (tertiary/aromatic N) is 3. The summed E-state index contributed by atoms with van der Waals surface area (Å²) in [6.45, 7) is 23.0. The predicted molar refractivity (Wildman–Crippen MR) is 243 cm³/mol. The number of allylic oxidation sites excluding steroid dienone is 1. The van der Waals surface area contributed by atoms with Gasteiger partial charge in [0.2, 0.25) is 23.6 Å². The van der Waals surface area contributed by atoms with E-state index in [1.54, 1.807) is 54.5 Å². The molecule has 0 saturated heterocycles. The normalized spacial score (nSPS) is 28.5. The molecule has 0 aromatic heterocycles. The number of carbonyl (C=O) groups is 7. The summed E-state index contributed by atoms with van der Waals surface area (Å²) in [7, 11) is 4.42. The molecule has 0 unspecified atom stereocenters. The molecule has 62 heavy (non-hydrogen) atoms. The number of likely N-dealkylation sites (N-methyl/N-ethyl adjacent to an activating group) is 3. The first-order chi connectivity index (χ1) is 28.9. The van der Waals surface area contributed by atoms with E-state index in [1.807, 2.05) is 53.9 Å². The summed E-state index contributed by atoms with van der Waals surface area (Å²) in [5.41, 5.74) is 1.02. The van der Waals surface area contributed by atoms with Gasteiger partial charge in [0.05, 0.1) is 18.6 Å². The van der Waals surface area contributed by atoms with E-state index >= 15 is 0 Å². The Labute approximate surface area is 376 Å². The maximum atomic E-state index is 14.3. The Kier molecular flexibility index (Phi) is 24.1. The highest BCUT2D eigenvalue weighted by Crippen LogP contribution is 2.27. The van der Waals surface area contributed by atoms with Crippen LogP contribution in [0, 0.1) is 29.6 Å². The van der Waals surface area contributed by atoms with Crippen LogP contribution < -0.4 is 10.6 Å². The fourth-order valence-electron chi connectivity index (χ4n) is 7.13. The second-order valence-corrected chi connectivity index (χ2v) is 18.8. The Balaban J connectivity index is 3.98. The SMILES string of the molecule is CC/C=C(\C)[C@H]1OC(=O)[C@H](C)N(C)C(=O)[C@@H](C(C)C)NC(=O)CN(C)C(=O)[C@@H](CC(C)C)N(C)C(=O)[C@H](C(C)C)NC(=O)[C@@H]([C@@H](C)CC)OC(=O)/C(C)=C/C[C@H](OCSC)[C@@H]1C. The van der Waals surface area contributed by atoms with Crippen LogP contribution in [-0.4, -0.2) is 139 Å². The molecule has 15 nitrogen and oxygen atoms in total. The third-order valence-corrected chi connectivity index (χ3v) is 12.0. The van der Waals surface area contributed by atoms with Crippen LogP contribution in [0.2, 0.25) is 0 Å². The number of rotatable bonds is 11. The van der Waals surface area contributed by atoms with Crippen molar-refractivity contribution in [2.75, 3.05) is 39.9 Å². The molecular weight excluding hydrogens is 815 g/mol. The average molecular weight is 894 g/mol. The minimum atomic E-state index is -1.23. The van der Waals surface area contributed by atoms with E-state index in [0.29, 0.717) is 18.8 Å². The lowest BCUT2D eigenvalue weighted by Crippen LogP contribution is -2.59. The van der Waals surface area contributed by atoms with Gasteiger partial charge < -0.3 is 39.5 Å². The van der Waals surface area contributed by atoms with Gasteiger partial charge in [-0.25, -0.2) is 9.59 Å². The van der Waals surface area contributed by atoms with E-state index in [2.05, 4.69) is 10.6 Å². The summed E-state index contributed by atoms with van der Waals surface area (Å²) in [5, 5.41) is 5.61. The van der Waals surface area contributed by atoms with Crippen molar-refractivity contribution in [3.8, 4) is 0 Å². The first-order valence-corrected chi connectivity index (χ1v) is 23.5. The Bertz CT molecular complexity index is 1600. The fourth-order valence-corrected chi connectivity index (χ4v) is 7.44. The maximum Gasteiger partial charge on any atom is 0.334 e. The first-order valence-electron chi connectivity index (χ1n) is 22.1. The molecule has 0 aliphatic carbocycles. The molecule has 1 heterocycles. The van der Waals surface area contributed by atoms with Crippen LogP contribution in [0.3, 0.4) is 0 Å². The number of ether oxygens (including phenoxy) is 3. The summed E-state index contributed by atoms with van der Waals surface area (Å²) < 4.78 is 18.4. The lowest BCUT2D eigenvalue weighted by atomic mass is 9.90. The van der Waals surface area contributed by atoms with E-state index in [9.17, 15) is 33.6 Å². The molecule has 0 bridgehead atoms. The van der Waals surface area contributed by atoms with Crippen LogP contribution in [0.25, 0.3) is 0 Å².